The van der Waals surface area contributed by atoms with E-state index in [0.717, 1.165) is 50.0 Å². The zero-order valence-corrected chi connectivity index (χ0v) is 11.4. The van der Waals surface area contributed by atoms with E-state index in [2.05, 4.69) is 41.1 Å². The molecule has 1 aromatic heterocycles. The number of nitrogens with one attached hydrogen (secondary N) is 1. The van der Waals surface area contributed by atoms with Crippen LogP contribution in [0.4, 0.5) is 5.82 Å². The van der Waals surface area contributed by atoms with Crippen LogP contribution in [0.1, 0.15) is 31.5 Å². The number of hydrogen-bond acceptors (Lipinski definition) is 5. The van der Waals surface area contributed by atoms with E-state index in [9.17, 15) is 0 Å². The molecule has 1 saturated heterocycles. The van der Waals surface area contributed by atoms with Gasteiger partial charge in [-0.25, -0.2) is 9.97 Å². The quantitative estimate of drug-likeness (QED) is 0.877. The summed E-state index contributed by atoms with van der Waals surface area (Å²) in [5, 5.41) is 3.25. The SMILES string of the molecule is CCNc1cc(CC)nc(C2CN(C)CCO2)n1. The van der Waals surface area contributed by atoms with Gasteiger partial charge in [0, 0.05) is 31.4 Å². The van der Waals surface area contributed by atoms with Crippen molar-refractivity contribution in [3.8, 4) is 0 Å². The summed E-state index contributed by atoms with van der Waals surface area (Å²) in [6.45, 7) is 7.62. The van der Waals surface area contributed by atoms with Crippen molar-refractivity contribution in [2.75, 3.05) is 38.6 Å². The van der Waals surface area contributed by atoms with Gasteiger partial charge in [-0.2, -0.15) is 0 Å². The van der Waals surface area contributed by atoms with Gasteiger partial charge >= 0.3 is 0 Å². The molecular weight excluding hydrogens is 228 g/mol. The minimum Gasteiger partial charge on any atom is -0.370 e. The lowest BCUT2D eigenvalue weighted by molar-refractivity contribution is -0.0255. The molecule has 0 aliphatic carbocycles. The molecule has 0 bridgehead atoms. The van der Waals surface area contributed by atoms with Crippen LogP contribution in [0.25, 0.3) is 0 Å². The van der Waals surface area contributed by atoms with Crippen molar-refractivity contribution in [2.24, 2.45) is 0 Å². The third-order valence-corrected chi connectivity index (χ3v) is 3.07. The zero-order valence-electron chi connectivity index (χ0n) is 11.4. The average molecular weight is 250 g/mol. The van der Waals surface area contributed by atoms with Crippen LogP contribution in [-0.2, 0) is 11.2 Å². The summed E-state index contributed by atoms with van der Waals surface area (Å²) in [7, 11) is 2.10. The second-order valence-corrected chi connectivity index (χ2v) is 4.61. The van der Waals surface area contributed by atoms with Crippen LogP contribution in [-0.4, -0.2) is 48.2 Å². The Labute approximate surface area is 109 Å². The molecule has 1 aromatic rings. The summed E-state index contributed by atoms with van der Waals surface area (Å²) in [6, 6.07) is 2.01. The molecule has 5 nitrogen and oxygen atoms in total. The minimum atomic E-state index is -0.00680. The number of aryl methyl sites for hydroxylation is 1. The predicted octanol–water partition coefficient (Wildman–Crippen LogP) is 1.47. The molecule has 18 heavy (non-hydrogen) atoms. The summed E-state index contributed by atoms with van der Waals surface area (Å²) in [5.74, 6) is 1.70. The monoisotopic (exact) mass is 250 g/mol. The lowest BCUT2D eigenvalue weighted by Gasteiger charge is -2.29. The van der Waals surface area contributed by atoms with Gasteiger partial charge < -0.3 is 15.0 Å². The summed E-state index contributed by atoms with van der Waals surface area (Å²) in [6.07, 6.45) is 0.906. The van der Waals surface area contributed by atoms with Crippen molar-refractivity contribution in [1.82, 2.24) is 14.9 Å². The van der Waals surface area contributed by atoms with Crippen molar-refractivity contribution >= 4 is 5.82 Å². The van der Waals surface area contributed by atoms with E-state index < -0.39 is 0 Å². The molecule has 2 rings (SSSR count). The van der Waals surface area contributed by atoms with Gasteiger partial charge in [-0.3, -0.25) is 0 Å². The molecule has 0 spiro atoms. The first-order chi connectivity index (χ1) is 8.72. The van der Waals surface area contributed by atoms with Gasteiger partial charge in [0.2, 0.25) is 0 Å². The summed E-state index contributed by atoms with van der Waals surface area (Å²) in [4.78, 5) is 11.4. The molecule has 0 radical (unpaired) electrons. The Bertz CT molecular complexity index is 397. The van der Waals surface area contributed by atoms with Crippen molar-refractivity contribution in [2.45, 2.75) is 26.4 Å². The highest BCUT2D eigenvalue weighted by Crippen LogP contribution is 2.20. The summed E-state index contributed by atoms with van der Waals surface area (Å²) >= 11 is 0. The van der Waals surface area contributed by atoms with Crippen LogP contribution in [0.15, 0.2) is 6.07 Å². The van der Waals surface area contributed by atoms with Crippen molar-refractivity contribution < 1.29 is 4.74 Å². The van der Waals surface area contributed by atoms with E-state index in [1.807, 2.05) is 6.07 Å². The molecule has 2 heterocycles. The number of morpholine rings is 1. The predicted molar refractivity (Wildman–Crippen MR) is 71.8 cm³/mol. The van der Waals surface area contributed by atoms with E-state index in [4.69, 9.17) is 4.74 Å². The fraction of sp³-hybridized carbons (Fsp3) is 0.692. The first-order valence-electron chi connectivity index (χ1n) is 6.64. The average Bonchev–Trinajstić information content (AvgIpc) is 2.39. The highest BCUT2D eigenvalue weighted by Gasteiger charge is 2.22. The maximum absolute atomic E-state index is 5.77. The van der Waals surface area contributed by atoms with Crippen LogP contribution in [0.3, 0.4) is 0 Å². The lowest BCUT2D eigenvalue weighted by atomic mass is 10.2. The van der Waals surface area contributed by atoms with E-state index >= 15 is 0 Å². The largest absolute Gasteiger partial charge is 0.370 e. The van der Waals surface area contributed by atoms with Crippen molar-refractivity contribution in [3.05, 3.63) is 17.6 Å². The molecule has 0 amide bonds. The fourth-order valence-electron chi connectivity index (χ4n) is 2.05. The Morgan fingerprint density at radius 3 is 2.94 bits per heavy atom. The molecule has 1 aliphatic rings. The molecule has 1 fully saturated rings. The van der Waals surface area contributed by atoms with Crippen LogP contribution < -0.4 is 5.32 Å². The van der Waals surface area contributed by atoms with Crippen LogP contribution in [0.5, 0.6) is 0 Å². The second-order valence-electron chi connectivity index (χ2n) is 4.61. The van der Waals surface area contributed by atoms with E-state index in [0.29, 0.717) is 0 Å². The normalized spacial score (nSPS) is 20.9. The Morgan fingerprint density at radius 2 is 2.28 bits per heavy atom. The molecule has 100 valence electrons. The molecule has 0 saturated carbocycles. The topological polar surface area (TPSA) is 50.3 Å². The number of ether oxygens (including phenoxy) is 1. The number of nitrogens with zero attached hydrogens (tertiary/aromatic N) is 3. The third kappa shape index (κ3) is 3.17. The van der Waals surface area contributed by atoms with Gasteiger partial charge in [0.1, 0.15) is 11.9 Å². The van der Waals surface area contributed by atoms with Crippen LogP contribution >= 0.6 is 0 Å². The number of anilines is 1. The molecule has 1 atom stereocenters. The Kier molecular flexibility index (Phi) is 4.49. The highest BCUT2D eigenvalue weighted by molar-refractivity contribution is 5.36. The van der Waals surface area contributed by atoms with E-state index in [-0.39, 0.29) is 6.10 Å². The van der Waals surface area contributed by atoms with E-state index in [1.165, 1.54) is 0 Å². The molecule has 1 unspecified atom stereocenters. The number of rotatable bonds is 4. The van der Waals surface area contributed by atoms with Gasteiger partial charge in [-0.05, 0) is 20.4 Å². The van der Waals surface area contributed by atoms with Crippen molar-refractivity contribution in [1.29, 1.82) is 0 Å². The van der Waals surface area contributed by atoms with Gasteiger partial charge in [0.15, 0.2) is 5.82 Å². The minimum absolute atomic E-state index is 0.00680. The van der Waals surface area contributed by atoms with Crippen molar-refractivity contribution in [3.63, 3.8) is 0 Å². The smallest absolute Gasteiger partial charge is 0.161 e. The number of aromatic nitrogens is 2. The van der Waals surface area contributed by atoms with Crippen LogP contribution in [0.2, 0.25) is 0 Å². The van der Waals surface area contributed by atoms with Gasteiger partial charge in [0.05, 0.1) is 6.61 Å². The third-order valence-electron chi connectivity index (χ3n) is 3.07. The second kappa shape index (κ2) is 6.11. The standard InChI is InChI=1S/C13H22N4O/c1-4-10-8-12(14-5-2)16-13(15-10)11-9-17(3)6-7-18-11/h8,11H,4-7,9H2,1-3H3,(H,14,15,16). The van der Waals surface area contributed by atoms with E-state index in [1.54, 1.807) is 0 Å². The van der Waals surface area contributed by atoms with Gasteiger partial charge in [-0.1, -0.05) is 6.92 Å². The molecular formula is C13H22N4O. The lowest BCUT2D eigenvalue weighted by Crippen LogP contribution is -2.36. The maximum atomic E-state index is 5.77. The number of hydrogen-bond donors (Lipinski definition) is 1. The fourth-order valence-corrected chi connectivity index (χ4v) is 2.05. The molecule has 5 heteroatoms. The maximum Gasteiger partial charge on any atom is 0.161 e. The summed E-state index contributed by atoms with van der Waals surface area (Å²) in [5.41, 5.74) is 1.06. The Morgan fingerprint density at radius 1 is 1.44 bits per heavy atom. The number of likely N-dealkylation sites (N-methyl/N-ethyl adjacent to an activating group) is 1. The Hall–Kier alpha value is -1.20. The van der Waals surface area contributed by atoms with Gasteiger partial charge in [-0.15, -0.1) is 0 Å². The molecule has 1 aliphatic heterocycles. The first-order valence-corrected chi connectivity index (χ1v) is 6.64. The molecule has 0 aromatic carbocycles. The highest BCUT2D eigenvalue weighted by atomic mass is 16.5. The van der Waals surface area contributed by atoms with Gasteiger partial charge in [0.25, 0.3) is 0 Å². The summed E-state index contributed by atoms with van der Waals surface area (Å²) < 4.78 is 5.77. The van der Waals surface area contributed by atoms with Crippen LogP contribution in [0, 0.1) is 0 Å². The zero-order chi connectivity index (χ0) is 13.0. The Balaban J connectivity index is 2.22. The first kappa shape index (κ1) is 13.2. The molecule has 1 N–H and O–H groups in total.